The summed E-state index contributed by atoms with van der Waals surface area (Å²) < 4.78 is 0. The average molecular weight is 523 g/mol. The monoisotopic (exact) mass is 522 g/mol. The van der Waals surface area contributed by atoms with Gasteiger partial charge in [-0.2, -0.15) is 0 Å². The van der Waals surface area contributed by atoms with Crippen LogP contribution in [0.5, 0.6) is 0 Å². The molecule has 0 N–H and O–H groups in total. The normalized spacial score (nSPS) is 15.1. The van der Waals surface area contributed by atoms with Gasteiger partial charge in [-0.3, -0.25) is 0 Å². The van der Waals surface area contributed by atoms with Crippen LogP contribution in [0.4, 0.5) is 0 Å². The number of hydrogen-bond donors (Lipinski definition) is 0. The van der Waals surface area contributed by atoms with Crippen molar-refractivity contribution >= 4 is 10.8 Å². The molecule has 2 atom stereocenters. The van der Waals surface area contributed by atoms with Crippen molar-refractivity contribution in [3.8, 4) is 22.3 Å². The van der Waals surface area contributed by atoms with Crippen molar-refractivity contribution in [1.29, 1.82) is 0 Å². The van der Waals surface area contributed by atoms with Crippen LogP contribution in [0.25, 0.3) is 33.0 Å². The molecule has 0 saturated heterocycles. The third-order valence-electron chi connectivity index (χ3n) is 9.82. The summed E-state index contributed by atoms with van der Waals surface area (Å²) in [5, 5.41) is 2.75. The van der Waals surface area contributed by atoms with E-state index in [-0.39, 0.29) is 5.41 Å². The van der Waals surface area contributed by atoms with Crippen molar-refractivity contribution in [2.75, 3.05) is 0 Å². The SMILES string of the molecule is CCCc1c(-c2ccccc2C)cccc1C(C)C(C)c1ccc2c(c1)C(C)(C)c1cc(C)c3ccccc3c1-2. The highest BCUT2D eigenvalue weighted by Gasteiger charge is 2.37. The van der Waals surface area contributed by atoms with Gasteiger partial charge in [-0.25, -0.2) is 0 Å². The Morgan fingerprint density at radius 1 is 0.625 bits per heavy atom. The highest BCUT2D eigenvalue weighted by Crippen LogP contribution is 2.53. The van der Waals surface area contributed by atoms with Crippen molar-refractivity contribution in [1.82, 2.24) is 0 Å². The topological polar surface area (TPSA) is 0 Å². The number of fused-ring (bicyclic) bond motifs is 5. The quantitative estimate of drug-likeness (QED) is 0.208. The maximum atomic E-state index is 2.53. The standard InChI is InChI=1S/C40H42/c1-8-14-33-32(19-13-20-34(33)30-16-10-9-15-25(30)2)28(5)27(4)29-21-22-36-37(24-29)40(6,7)38-23-26(3)31-17-11-12-18-35(31)39(36)38/h9-13,15-24,27-28H,8,14H2,1-7H3. The molecule has 0 fully saturated rings. The van der Waals surface area contributed by atoms with Crippen molar-refractivity contribution in [3.05, 3.63) is 130 Å². The van der Waals surface area contributed by atoms with Gasteiger partial charge in [0.05, 0.1) is 0 Å². The van der Waals surface area contributed by atoms with E-state index in [2.05, 4.69) is 139 Å². The first-order valence-corrected chi connectivity index (χ1v) is 15.1. The van der Waals surface area contributed by atoms with Gasteiger partial charge >= 0.3 is 0 Å². The Morgan fingerprint density at radius 3 is 2.08 bits per heavy atom. The van der Waals surface area contributed by atoms with Crippen molar-refractivity contribution in [3.63, 3.8) is 0 Å². The minimum atomic E-state index is -0.0173. The van der Waals surface area contributed by atoms with Crippen LogP contribution >= 0.6 is 0 Å². The van der Waals surface area contributed by atoms with E-state index >= 15 is 0 Å². The van der Waals surface area contributed by atoms with Crippen LogP contribution in [-0.2, 0) is 11.8 Å². The lowest BCUT2D eigenvalue weighted by Gasteiger charge is -2.27. The minimum Gasteiger partial charge on any atom is -0.0651 e. The van der Waals surface area contributed by atoms with Gasteiger partial charge in [0, 0.05) is 5.41 Å². The second kappa shape index (κ2) is 10.1. The van der Waals surface area contributed by atoms with Gasteiger partial charge in [0.1, 0.15) is 0 Å². The molecule has 0 spiro atoms. The summed E-state index contributed by atoms with van der Waals surface area (Å²) in [6.07, 6.45) is 2.26. The first kappa shape index (κ1) is 26.6. The minimum absolute atomic E-state index is 0.0173. The molecule has 5 aromatic rings. The van der Waals surface area contributed by atoms with Crippen LogP contribution in [0.3, 0.4) is 0 Å². The van der Waals surface area contributed by atoms with E-state index in [0.29, 0.717) is 11.8 Å². The molecule has 6 rings (SSSR count). The molecule has 2 unspecified atom stereocenters. The first-order valence-electron chi connectivity index (χ1n) is 15.1. The predicted octanol–water partition coefficient (Wildman–Crippen LogP) is 11.3. The summed E-state index contributed by atoms with van der Waals surface area (Å²) in [4.78, 5) is 0. The second-order valence-corrected chi connectivity index (χ2v) is 12.6. The predicted molar refractivity (Wildman–Crippen MR) is 174 cm³/mol. The van der Waals surface area contributed by atoms with Crippen LogP contribution in [-0.4, -0.2) is 0 Å². The van der Waals surface area contributed by atoms with Crippen LogP contribution in [0.2, 0.25) is 0 Å². The summed E-state index contributed by atoms with van der Waals surface area (Å²) in [5.74, 6) is 0.824. The van der Waals surface area contributed by atoms with E-state index in [4.69, 9.17) is 0 Å². The molecule has 0 radical (unpaired) electrons. The number of rotatable bonds is 6. The summed E-state index contributed by atoms with van der Waals surface area (Å²) in [7, 11) is 0. The molecular formula is C40H42. The van der Waals surface area contributed by atoms with Gasteiger partial charge in [-0.15, -0.1) is 0 Å². The molecule has 0 aliphatic heterocycles. The Morgan fingerprint density at radius 2 is 1.32 bits per heavy atom. The van der Waals surface area contributed by atoms with Crippen LogP contribution in [0, 0.1) is 13.8 Å². The maximum Gasteiger partial charge on any atom is 0.0159 e. The summed E-state index contributed by atoms with van der Waals surface area (Å²) in [5.41, 5.74) is 15.7. The zero-order valence-electron chi connectivity index (χ0n) is 25.2. The smallest absolute Gasteiger partial charge is 0.0159 e. The average Bonchev–Trinajstić information content (AvgIpc) is 3.19. The molecule has 5 aromatic carbocycles. The Balaban J connectivity index is 1.43. The van der Waals surface area contributed by atoms with Crippen LogP contribution < -0.4 is 0 Å². The highest BCUT2D eigenvalue weighted by molar-refractivity contribution is 6.03. The largest absolute Gasteiger partial charge is 0.0651 e. The maximum absolute atomic E-state index is 2.53. The lowest BCUT2D eigenvalue weighted by atomic mass is 9.77. The lowest BCUT2D eigenvalue weighted by Crippen LogP contribution is -2.16. The third-order valence-corrected chi connectivity index (χ3v) is 9.82. The molecule has 0 nitrogen and oxygen atoms in total. The summed E-state index contributed by atoms with van der Waals surface area (Å²) >= 11 is 0. The first-order chi connectivity index (χ1) is 19.2. The van der Waals surface area contributed by atoms with E-state index in [1.807, 2.05) is 0 Å². The van der Waals surface area contributed by atoms with E-state index in [0.717, 1.165) is 12.8 Å². The second-order valence-electron chi connectivity index (χ2n) is 12.6. The molecule has 0 heteroatoms. The molecule has 0 bridgehead atoms. The third kappa shape index (κ3) is 4.12. The Kier molecular flexibility index (Phi) is 6.70. The van der Waals surface area contributed by atoms with Gasteiger partial charge in [0.25, 0.3) is 0 Å². The van der Waals surface area contributed by atoms with Gasteiger partial charge in [0.15, 0.2) is 0 Å². The van der Waals surface area contributed by atoms with E-state index < -0.39 is 0 Å². The van der Waals surface area contributed by atoms with Gasteiger partial charge in [-0.1, -0.05) is 132 Å². The lowest BCUT2D eigenvalue weighted by molar-refractivity contribution is 0.611. The number of hydrogen-bond acceptors (Lipinski definition) is 0. The van der Waals surface area contributed by atoms with Gasteiger partial charge in [-0.05, 0) is 104 Å². The highest BCUT2D eigenvalue weighted by atomic mass is 14.4. The zero-order valence-corrected chi connectivity index (χ0v) is 25.2. The van der Waals surface area contributed by atoms with Gasteiger partial charge < -0.3 is 0 Å². The summed E-state index contributed by atoms with van der Waals surface area (Å²) in [6, 6.07) is 34.5. The number of benzene rings is 5. The number of aryl methyl sites for hydroxylation is 2. The van der Waals surface area contributed by atoms with E-state index in [9.17, 15) is 0 Å². The molecule has 0 amide bonds. The molecular weight excluding hydrogens is 480 g/mol. The summed E-state index contributed by atoms with van der Waals surface area (Å²) in [6.45, 7) is 16.5. The Bertz CT molecular complexity index is 1730. The molecule has 0 saturated carbocycles. The van der Waals surface area contributed by atoms with Crippen molar-refractivity contribution in [2.24, 2.45) is 0 Å². The fourth-order valence-electron chi connectivity index (χ4n) is 7.31. The molecule has 1 aliphatic rings. The molecule has 0 aromatic heterocycles. The molecule has 0 heterocycles. The van der Waals surface area contributed by atoms with Crippen molar-refractivity contribution in [2.45, 2.75) is 78.6 Å². The van der Waals surface area contributed by atoms with Crippen LogP contribution in [0.1, 0.15) is 91.8 Å². The Labute approximate surface area is 241 Å². The van der Waals surface area contributed by atoms with Gasteiger partial charge in [0.2, 0.25) is 0 Å². The van der Waals surface area contributed by atoms with E-state index in [1.54, 1.807) is 0 Å². The fraction of sp³-hybridized carbons (Fsp3) is 0.300. The Hall–Kier alpha value is -3.64. The van der Waals surface area contributed by atoms with Crippen molar-refractivity contribution < 1.29 is 0 Å². The van der Waals surface area contributed by atoms with E-state index in [1.165, 1.54) is 72.0 Å². The van der Waals surface area contributed by atoms with Crippen LogP contribution in [0.15, 0.2) is 91.0 Å². The molecule has 202 valence electrons. The fourth-order valence-corrected chi connectivity index (χ4v) is 7.31. The molecule has 1 aliphatic carbocycles. The zero-order chi connectivity index (χ0) is 28.2. The molecule has 40 heavy (non-hydrogen) atoms.